The van der Waals surface area contributed by atoms with Gasteiger partial charge in [-0.2, -0.15) is 0 Å². The van der Waals surface area contributed by atoms with E-state index in [2.05, 4.69) is 16.9 Å². The summed E-state index contributed by atoms with van der Waals surface area (Å²) in [5.41, 5.74) is 0.255. The topological polar surface area (TPSA) is 55.2 Å². The number of benzene rings is 1. The average Bonchev–Trinajstić information content (AvgIpc) is 2.55. The number of unbranched alkanes of at least 4 members (excludes halogenated alkanes) is 5. The Morgan fingerprint density at radius 3 is 2.43 bits per heavy atom. The van der Waals surface area contributed by atoms with Crippen molar-refractivity contribution < 1.29 is 14.2 Å². The third-order valence-corrected chi connectivity index (χ3v) is 3.59. The Hall–Kier alpha value is -2.17. The minimum absolute atomic E-state index is 0.120. The number of hydrogen-bond acceptors (Lipinski definition) is 4. The molecule has 0 unspecified atom stereocenters. The standard InChI is InChI=1S/C18H23FN2O2/c1-2-3-4-5-6-7-10-23-15-12-20-18(21-13-15)16-9-8-14(22)11-17(16)19/h8-9,11-13,22H,2-7,10H2,1H3. The number of hydrogen-bond donors (Lipinski definition) is 1. The number of nitrogens with zero attached hydrogens (tertiary/aromatic N) is 2. The molecule has 0 saturated heterocycles. The van der Waals surface area contributed by atoms with Crippen LogP contribution >= 0.6 is 0 Å². The van der Waals surface area contributed by atoms with Gasteiger partial charge in [0.25, 0.3) is 0 Å². The van der Waals surface area contributed by atoms with Crippen LogP contribution in [0.5, 0.6) is 11.5 Å². The zero-order valence-corrected chi connectivity index (χ0v) is 13.5. The fourth-order valence-corrected chi connectivity index (χ4v) is 2.29. The van der Waals surface area contributed by atoms with Gasteiger partial charge in [0.2, 0.25) is 0 Å². The molecule has 0 aliphatic rings. The number of rotatable bonds is 9. The smallest absolute Gasteiger partial charge is 0.162 e. The van der Waals surface area contributed by atoms with Crippen LogP contribution in [0.25, 0.3) is 11.4 Å². The van der Waals surface area contributed by atoms with Gasteiger partial charge in [-0.05, 0) is 18.6 Å². The molecule has 1 heterocycles. The highest BCUT2D eigenvalue weighted by atomic mass is 19.1. The first-order valence-corrected chi connectivity index (χ1v) is 8.14. The van der Waals surface area contributed by atoms with Crippen molar-refractivity contribution in [2.75, 3.05) is 6.61 Å². The Balaban J connectivity index is 1.80. The first-order valence-electron chi connectivity index (χ1n) is 8.14. The molecule has 4 nitrogen and oxygen atoms in total. The molecule has 0 bridgehead atoms. The summed E-state index contributed by atoms with van der Waals surface area (Å²) in [4.78, 5) is 8.24. The lowest BCUT2D eigenvalue weighted by molar-refractivity contribution is 0.302. The molecule has 0 aliphatic heterocycles. The molecule has 124 valence electrons. The third-order valence-electron chi connectivity index (χ3n) is 3.59. The van der Waals surface area contributed by atoms with Crippen LogP contribution in [0.15, 0.2) is 30.6 Å². The van der Waals surface area contributed by atoms with E-state index in [0.29, 0.717) is 12.4 Å². The first kappa shape index (κ1) is 17.2. The molecule has 1 N–H and O–H groups in total. The Kier molecular flexibility index (Phi) is 6.78. The van der Waals surface area contributed by atoms with Gasteiger partial charge in [-0.3, -0.25) is 0 Å². The highest BCUT2D eigenvalue weighted by molar-refractivity contribution is 5.57. The molecule has 1 aromatic heterocycles. The summed E-state index contributed by atoms with van der Waals surface area (Å²) in [5.74, 6) is 0.187. The zero-order valence-electron chi connectivity index (χ0n) is 13.5. The molecule has 0 aliphatic carbocycles. The molecule has 0 atom stereocenters. The highest BCUT2D eigenvalue weighted by Crippen LogP contribution is 2.23. The van der Waals surface area contributed by atoms with Gasteiger partial charge in [0.15, 0.2) is 11.6 Å². The monoisotopic (exact) mass is 318 g/mol. The van der Waals surface area contributed by atoms with E-state index in [-0.39, 0.29) is 17.1 Å². The Bertz CT molecular complexity index is 602. The van der Waals surface area contributed by atoms with Gasteiger partial charge in [-0.25, -0.2) is 14.4 Å². The second-order valence-electron chi connectivity index (χ2n) is 5.52. The van der Waals surface area contributed by atoms with E-state index < -0.39 is 5.82 Å². The van der Waals surface area contributed by atoms with Crippen molar-refractivity contribution in [3.05, 3.63) is 36.4 Å². The number of aromatic hydroxyl groups is 1. The summed E-state index contributed by atoms with van der Waals surface area (Å²) in [6.07, 6.45) is 10.3. The van der Waals surface area contributed by atoms with Crippen LogP contribution in [0.2, 0.25) is 0 Å². The average molecular weight is 318 g/mol. The summed E-state index contributed by atoms with van der Waals surface area (Å²) in [7, 11) is 0. The summed E-state index contributed by atoms with van der Waals surface area (Å²) >= 11 is 0. The molecule has 0 saturated carbocycles. The van der Waals surface area contributed by atoms with E-state index in [0.717, 1.165) is 18.9 Å². The largest absolute Gasteiger partial charge is 0.508 e. The van der Waals surface area contributed by atoms with Gasteiger partial charge in [-0.15, -0.1) is 0 Å². The quantitative estimate of drug-likeness (QED) is 0.679. The van der Waals surface area contributed by atoms with Gasteiger partial charge in [-0.1, -0.05) is 39.0 Å². The van der Waals surface area contributed by atoms with E-state index in [4.69, 9.17) is 4.74 Å². The van der Waals surface area contributed by atoms with Crippen LogP contribution in [-0.2, 0) is 0 Å². The zero-order chi connectivity index (χ0) is 16.5. The highest BCUT2D eigenvalue weighted by Gasteiger charge is 2.09. The lowest BCUT2D eigenvalue weighted by Crippen LogP contribution is -1.99. The van der Waals surface area contributed by atoms with Crippen molar-refractivity contribution in [3.63, 3.8) is 0 Å². The van der Waals surface area contributed by atoms with Gasteiger partial charge < -0.3 is 9.84 Å². The predicted octanol–water partition coefficient (Wildman–Crippen LogP) is 4.73. The maximum Gasteiger partial charge on any atom is 0.162 e. The van der Waals surface area contributed by atoms with Crippen molar-refractivity contribution in [1.29, 1.82) is 0 Å². The van der Waals surface area contributed by atoms with Crippen LogP contribution in [0.1, 0.15) is 45.4 Å². The van der Waals surface area contributed by atoms with Crippen molar-refractivity contribution >= 4 is 0 Å². The predicted molar refractivity (Wildman–Crippen MR) is 88.0 cm³/mol. The molecule has 1 aromatic carbocycles. The fourth-order valence-electron chi connectivity index (χ4n) is 2.29. The van der Waals surface area contributed by atoms with E-state index >= 15 is 0 Å². The van der Waals surface area contributed by atoms with Crippen molar-refractivity contribution in [2.45, 2.75) is 45.4 Å². The molecule has 0 amide bonds. The normalized spacial score (nSPS) is 10.7. The molecule has 0 fully saturated rings. The summed E-state index contributed by atoms with van der Waals surface area (Å²) in [6.45, 7) is 2.85. The minimum atomic E-state index is -0.550. The van der Waals surface area contributed by atoms with E-state index in [1.807, 2.05) is 0 Å². The van der Waals surface area contributed by atoms with Gasteiger partial charge in [0.1, 0.15) is 11.6 Å². The lowest BCUT2D eigenvalue weighted by atomic mass is 10.1. The van der Waals surface area contributed by atoms with Crippen molar-refractivity contribution in [2.24, 2.45) is 0 Å². The van der Waals surface area contributed by atoms with Crippen LogP contribution in [0.3, 0.4) is 0 Å². The Labute approximate surface area is 136 Å². The molecule has 5 heteroatoms. The summed E-state index contributed by atoms with van der Waals surface area (Å²) in [5, 5.41) is 9.22. The fraction of sp³-hybridized carbons (Fsp3) is 0.444. The molecule has 0 radical (unpaired) electrons. The minimum Gasteiger partial charge on any atom is -0.508 e. The molecular formula is C18H23FN2O2. The second kappa shape index (κ2) is 9.08. The molecule has 23 heavy (non-hydrogen) atoms. The molecule has 2 rings (SSSR count). The Morgan fingerprint density at radius 2 is 1.74 bits per heavy atom. The van der Waals surface area contributed by atoms with Crippen LogP contribution < -0.4 is 4.74 Å². The van der Waals surface area contributed by atoms with Gasteiger partial charge in [0.05, 0.1) is 24.6 Å². The summed E-state index contributed by atoms with van der Waals surface area (Å²) < 4.78 is 19.3. The number of phenols is 1. The number of aromatic nitrogens is 2. The van der Waals surface area contributed by atoms with Crippen LogP contribution in [-0.4, -0.2) is 21.7 Å². The van der Waals surface area contributed by atoms with E-state index in [9.17, 15) is 9.50 Å². The van der Waals surface area contributed by atoms with Crippen molar-refractivity contribution in [1.82, 2.24) is 9.97 Å². The lowest BCUT2D eigenvalue weighted by Gasteiger charge is -2.07. The SMILES string of the molecule is CCCCCCCCOc1cnc(-c2ccc(O)cc2F)nc1. The maximum absolute atomic E-state index is 13.7. The van der Waals surface area contributed by atoms with Gasteiger partial charge in [0, 0.05) is 6.07 Å². The first-order chi connectivity index (χ1) is 11.2. The number of ether oxygens (including phenoxy) is 1. The number of phenolic OH excluding ortho intramolecular Hbond substituents is 1. The molecule has 2 aromatic rings. The summed E-state index contributed by atoms with van der Waals surface area (Å²) in [6, 6.07) is 3.91. The van der Waals surface area contributed by atoms with E-state index in [1.54, 1.807) is 12.4 Å². The number of halogens is 1. The molecule has 0 spiro atoms. The van der Waals surface area contributed by atoms with E-state index in [1.165, 1.54) is 37.8 Å². The van der Waals surface area contributed by atoms with Crippen LogP contribution in [0.4, 0.5) is 4.39 Å². The maximum atomic E-state index is 13.7. The van der Waals surface area contributed by atoms with Gasteiger partial charge >= 0.3 is 0 Å². The second-order valence-corrected chi connectivity index (χ2v) is 5.52. The Morgan fingerprint density at radius 1 is 1.04 bits per heavy atom. The van der Waals surface area contributed by atoms with Crippen LogP contribution in [0, 0.1) is 5.82 Å². The molecular weight excluding hydrogens is 295 g/mol. The third kappa shape index (κ3) is 5.51. The van der Waals surface area contributed by atoms with Crippen molar-refractivity contribution in [3.8, 4) is 22.9 Å².